The van der Waals surface area contributed by atoms with Crippen molar-refractivity contribution in [3.63, 3.8) is 0 Å². The van der Waals surface area contributed by atoms with Gasteiger partial charge in [-0.05, 0) is 30.2 Å². The SMILES string of the molecule is CCc1ccc2oc(-c3ccccc3)cc2c1. The fraction of sp³-hybridized carbons (Fsp3) is 0.125. The van der Waals surface area contributed by atoms with E-state index in [0.717, 1.165) is 23.3 Å². The highest BCUT2D eigenvalue weighted by Crippen LogP contribution is 2.28. The molecule has 0 atom stereocenters. The summed E-state index contributed by atoms with van der Waals surface area (Å²) in [5.74, 6) is 0.939. The molecule has 0 aliphatic rings. The third-order valence-electron chi connectivity index (χ3n) is 3.05. The Bertz CT molecular complexity index is 635. The molecule has 3 aromatic rings. The predicted octanol–water partition coefficient (Wildman–Crippen LogP) is 4.66. The van der Waals surface area contributed by atoms with E-state index in [0.29, 0.717) is 0 Å². The molecule has 1 heteroatoms. The van der Waals surface area contributed by atoms with Gasteiger partial charge < -0.3 is 4.42 Å². The van der Waals surface area contributed by atoms with Crippen molar-refractivity contribution in [3.05, 3.63) is 60.2 Å². The first-order valence-corrected chi connectivity index (χ1v) is 5.94. The van der Waals surface area contributed by atoms with Gasteiger partial charge in [0.25, 0.3) is 0 Å². The van der Waals surface area contributed by atoms with Gasteiger partial charge in [-0.15, -0.1) is 0 Å². The molecule has 17 heavy (non-hydrogen) atoms. The Balaban J connectivity index is 2.14. The van der Waals surface area contributed by atoms with Crippen LogP contribution in [0.4, 0.5) is 0 Å². The predicted molar refractivity (Wildman–Crippen MR) is 71.0 cm³/mol. The zero-order valence-corrected chi connectivity index (χ0v) is 9.81. The number of hydrogen-bond donors (Lipinski definition) is 0. The van der Waals surface area contributed by atoms with Gasteiger partial charge in [0.1, 0.15) is 11.3 Å². The molecule has 2 aromatic carbocycles. The lowest BCUT2D eigenvalue weighted by molar-refractivity contribution is 0.631. The Labute approximate surface area is 101 Å². The van der Waals surface area contributed by atoms with Crippen LogP contribution in [0.3, 0.4) is 0 Å². The van der Waals surface area contributed by atoms with E-state index in [9.17, 15) is 0 Å². The van der Waals surface area contributed by atoms with Gasteiger partial charge in [0, 0.05) is 10.9 Å². The number of aryl methyl sites for hydroxylation is 1. The largest absolute Gasteiger partial charge is 0.456 e. The number of benzene rings is 2. The first-order chi connectivity index (χ1) is 8.36. The third-order valence-corrected chi connectivity index (χ3v) is 3.05. The Hall–Kier alpha value is -2.02. The standard InChI is InChI=1S/C16H14O/c1-2-12-8-9-15-14(10-12)11-16(17-15)13-6-4-3-5-7-13/h3-11H,2H2,1H3. The van der Waals surface area contributed by atoms with Crippen molar-refractivity contribution in [1.29, 1.82) is 0 Å². The van der Waals surface area contributed by atoms with Crippen LogP contribution in [0.5, 0.6) is 0 Å². The molecule has 0 bridgehead atoms. The molecule has 0 radical (unpaired) electrons. The molecule has 1 nitrogen and oxygen atoms in total. The molecule has 1 aromatic heterocycles. The molecule has 0 unspecified atom stereocenters. The molecule has 0 fully saturated rings. The minimum absolute atomic E-state index is 0.939. The second-order valence-electron chi connectivity index (χ2n) is 4.20. The highest BCUT2D eigenvalue weighted by atomic mass is 16.3. The van der Waals surface area contributed by atoms with Crippen molar-refractivity contribution in [2.24, 2.45) is 0 Å². The van der Waals surface area contributed by atoms with Crippen molar-refractivity contribution in [2.75, 3.05) is 0 Å². The fourth-order valence-corrected chi connectivity index (χ4v) is 2.06. The number of hydrogen-bond acceptors (Lipinski definition) is 1. The fourth-order valence-electron chi connectivity index (χ4n) is 2.06. The summed E-state index contributed by atoms with van der Waals surface area (Å²) in [7, 11) is 0. The Morgan fingerprint density at radius 1 is 0.941 bits per heavy atom. The van der Waals surface area contributed by atoms with E-state index in [-0.39, 0.29) is 0 Å². The highest BCUT2D eigenvalue weighted by molar-refractivity contribution is 5.83. The van der Waals surface area contributed by atoms with Gasteiger partial charge in [-0.3, -0.25) is 0 Å². The molecule has 0 N–H and O–H groups in total. The van der Waals surface area contributed by atoms with Crippen LogP contribution < -0.4 is 0 Å². The summed E-state index contributed by atoms with van der Waals surface area (Å²) < 4.78 is 5.85. The van der Waals surface area contributed by atoms with Crippen molar-refractivity contribution in [3.8, 4) is 11.3 Å². The molecule has 0 spiro atoms. The van der Waals surface area contributed by atoms with Gasteiger partial charge in [0.2, 0.25) is 0 Å². The van der Waals surface area contributed by atoms with Gasteiger partial charge in [0.15, 0.2) is 0 Å². The Morgan fingerprint density at radius 3 is 2.53 bits per heavy atom. The summed E-state index contributed by atoms with van der Waals surface area (Å²) in [6, 6.07) is 18.7. The van der Waals surface area contributed by atoms with Crippen LogP contribution in [-0.2, 0) is 6.42 Å². The van der Waals surface area contributed by atoms with Gasteiger partial charge in [0.05, 0.1) is 0 Å². The van der Waals surface area contributed by atoms with Crippen molar-refractivity contribution in [2.45, 2.75) is 13.3 Å². The molecule has 1 heterocycles. The topological polar surface area (TPSA) is 13.1 Å². The van der Waals surface area contributed by atoms with E-state index < -0.39 is 0 Å². The molecule has 0 saturated heterocycles. The number of fused-ring (bicyclic) bond motifs is 1. The minimum Gasteiger partial charge on any atom is -0.456 e. The summed E-state index contributed by atoms with van der Waals surface area (Å²) >= 11 is 0. The van der Waals surface area contributed by atoms with Crippen molar-refractivity contribution in [1.82, 2.24) is 0 Å². The maximum absolute atomic E-state index is 5.85. The van der Waals surface area contributed by atoms with Crippen molar-refractivity contribution >= 4 is 11.0 Å². The molecule has 0 aliphatic heterocycles. The van der Waals surface area contributed by atoms with E-state index in [1.807, 2.05) is 18.2 Å². The molecule has 0 amide bonds. The minimum atomic E-state index is 0.939. The van der Waals surface area contributed by atoms with Crippen LogP contribution in [0.2, 0.25) is 0 Å². The third kappa shape index (κ3) is 1.84. The number of furan rings is 1. The maximum Gasteiger partial charge on any atom is 0.135 e. The zero-order valence-electron chi connectivity index (χ0n) is 9.81. The Kier molecular flexibility index (Phi) is 2.45. The van der Waals surface area contributed by atoms with E-state index in [1.165, 1.54) is 10.9 Å². The van der Waals surface area contributed by atoms with E-state index >= 15 is 0 Å². The molecular formula is C16H14O. The molecule has 84 valence electrons. The van der Waals surface area contributed by atoms with Crippen LogP contribution in [0.25, 0.3) is 22.3 Å². The highest BCUT2D eigenvalue weighted by Gasteiger charge is 2.05. The van der Waals surface area contributed by atoms with Gasteiger partial charge in [-0.2, -0.15) is 0 Å². The smallest absolute Gasteiger partial charge is 0.135 e. The quantitative estimate of drug-likeness (QED) is 0.614. The summed E-state index contributed by atoms with van der Waals surface area (Å²) in [5, 5.41) is 1.18. The van der Waals surface area contributed by atoms with Crippen LogP contribution in [0.1, 0.15) is 12.5 Å². The summed E-state index contributed by atoms with van der Waals surface area (Å²) in [4.78, 5) is 0. The molecule has 0 aliphatic carbocycles. The van der Waals surface area contributed by atoms with Gasteiger partial charge in [-0.25, -0.2) is 0 Å². The summed E-state index contributed by atoms with van der Waals surface area (Å²) in [5.41, 5.74) is 3.43. The van der Waals surface area contributed by atoms with E-state index in [2.05, 4.69) is 43.3 Å². The first kappa shape index (κ1) is 10.2. The van der Waals surface area contributed by atoms with Gasteiger partial charge in [-0.1, -0.05) is 43.3 Å². The lowest BCUT2D eigenvalue weighted by Gasteiger charge is -1.94. The first-order valence-electron chi connectivity index (χ1n) is 5.94. The van der Waals surface area contributed by atoms with E-state index in [4.69, 9.17) is 4.42 Å². The molecule has 3 rings (SSSR count). The second-order valence-corrected chi connectivity index (χ2v) is 4.20. The maximum atomic E-state index is 5.85. The average Bonchev–Trinajstić information content (AvgIpc) is 2.82. The Morgan fingerprint density at radius 2 is 1.76 bits per heavy atom. The van der Waals surface area contributed by atoms with E-state index in [1.54, 1.807) is 0 Å². The molecule has 0 saturated carbocycles. The second kappa shape index (κ2) is 4.10. The van der Waals surface area contributed by atoms with Crippen LogP contribution in [0.15, 0.2) is 59.0 Å². The lowest BCUT2D eigenvalue weighted by Crippen LogP contribution is -1.76. The normalized spacial score (nSPS) is 10.9. The summed E-state index contributed by atoms with van der Waals surface area (Å²) in [6.07, 6.45) is 1.06. The van der Waals surface area contributed by atoms with Crippen LogP contribution in [0, 0.1) is 0 Å². The monoisotopic (exact) mass is 222 g/mol. The average molecular weight is 222 g/mol. The van der Waals surface area contributed by atoms with Gasteiger partial charge >= 0.3 is 0 Å². The van der Waals surface area contributed by atoms with Crippen LogP contribution >= 0.6 is 0 Å². The van der Waals surface area contributed by atoms with Crippen molar-refractivity contribution < 1.29 is 4.42 Å². The zero-order chi connectivity index (χ0) is 11.7. The summed E-state index contributed by atoms with van der Waals surface area (Å²) in [6.45, 7) is 2.17. The lowest BCUT2D eigenvalue weighted by atomic mass is 10.1. The van der Waals surface area contributed by atoms with Crippen LogP contribution in [-0.4, -0.2) is 0 Å². The molecular weight excluding hydrogens is 208 g/mol. The number of rotatable bonds is 2.